The van der Waals surface area contributed by atoms with Crippen molar-refractivity contribution in [2.24, 2.45) is 0 Å². The highest BCUT2D eigenvalue weighted by Crippen LogP contribution is 2.26. The molecule has 3 aromatic rings. The van der Waals surface area contributed by atoms with Gasteiger partial charge in [0, 0.05) is 0 Å². The first-order valence-electron chi connectivity index (χ1n) is 8.59. The summed E-state index contributed by atoms with van der Waals surface area (Å²) >= 11 is 5.35. The average molecular weight is 382 g/mol. The molecule has 0 spiro atoms. The van der Waals surface area contributed by atoms with Crippen molar-refractivity contribution in [3.05, 3.63) is 101 Å². The molecule has 138 valence electrons. The van der Waals surface area contributed by atoms with Crippen LogP contribution in [0.1, 0.15) is 28.3 Å². The van der Waals surface area contributed by atoms with Crippen LogP contribution in [0.3, 0.4) is 0 Å². The van der Waals surface area contributed by atoms with Crippen LogP contribution in [0.5, 0.6) is 0 Å². The summed E-state index contributed by atoms with van der Waals surface area (Å²) in [6, 6.07) is 19.4. The van der Waals surface area contributed by atoms with Gasteiger partial charge in [-0.1, -0.05) is 60.2 Å². The zero-order valence-electron chi connectivity index (χ0n) is 15.1. The monoisotopic (exact) mass is 382 g/mol. The third kappa shape index (κ3) is 4.49. The van der Waals surface area contributed by atoms with Crippen molar-refractivity contribution in [1.82, 2.24) is 5.32 Å². The molecule has 0 amide bonds. The van der Waals surface area contributed by atoms with Gasteiger partial charge in [-0.3, -0.25) is 0 Å². The normalized spacial score (nSPS) is 11.7. The van der Waals surface area contributed by atoms with Crippen LogP contribution in [0, 0.1) is 25.5 Å². The van der Waals surface area contributed by atoms with Gasteiger partial charge in [0.15, 0.2) is 5.11 Å². The second-order valence-corrected chi connectivity index (χ2v) is 6.81. The Balaban J connectivity index is 1.91. The molecule has 3 rings (SSSR count). The summed E-state index contributed by atoms with van der Waals surface area (Å²) < 4.78 is 27.8. The Morgan fingerprint density at radius 2 is 1.56 bits per heavy atom. The minimum atomic E-state index is -0.693. The molecule has 0 aliphatic carbocycles. The second kappa shape index (κ2) is 8.27. The SMILES string of the molecule is Cc1ccc(C(NC(=S)Nc2c(F)cccc2F)c2ccccc2)c(C)c1. The van der Waals surface area contributed by atoms with Gasteiger partial charge in [0.25, 0.3) is 0 Å². The Hall–Kier alpha value is -2.79. The van der Waals surface area contributed by atoms with Crippen LogP contribution < -0.4 is 10.6 Å². The lowest BCUT2D eigenvalue weighted by Gasteiger charge is -2.24. The van der Waals surface area contributed by atoms with Crippen LogP contribution >= 0.6 is 12.2 Å². The van der Waals surface area contributed by atoms with E-state index in [4.69, 9.17) is 12.2 Å². The van der Waals surface area contributed by atoms with E-state index in [0.717, 1.165) is 22.3 Å². The Morgan fingerprint density at radius 3 is 2.19 bits per heavy atom. The van der Waals surface area contributed by atoms with Crippen LogP contribution in [-0.4, -0.2) is 5.11 Å². The van der Waals surface area contributed by atoms with Gasteiger partial charge in [0.1, 0.15) is 17.3 Å². The van der Waals surface area contributed by atoms with Crippen molar-refractivity contribution in [2.45, 2.75) is 19.9 Å². The van der Waals surface area contributed by atoms with Crippen LogP contribution in [0.4, 0.5) is 14.5 Å². The lowest BCUT2D eigenvalue weighted by atomic mass is 9.94. The molecule has 0 aromatic heterocycles. The molecular weight excluding hydrogens is 362 g/mol. The molecule has 0 saturated carbocycles. The summed E-state index contributed by atoms with van der Waals surface area (Å²) in [6.07, 6.45) is 0. The number of rotatable bonds is 4. The molecule has 0 radical (unpaired) electrons. The topological polar surface area (TPSA) is 24.1 Å². The summed E-state index contributed by atoms with van der Waals surface area (Å²) in [7, 11) is 0. The maximum Gasteiger partial charge on any atom is 0.171 e. The number of aryl methyl sites for hydroxylation is 2. The highest BCUT2D eigenvalue weighted by molar-refractivity contribution is 7.80. The standard InChI is InChI=1S/C22H20F2N2S/c1-14-11-12-17(15(2)13-14)20(16-7-4-3-5-8-16)25-22(27)26-21-18(23)9-6-10-19(21)24/h3-13,20H,1-2H3,(H2,25,26,27). The van der Waals surface area contributed by atoms with Crippen molar-refractivity contribution in [1.29, 1.82) is 0 Å². The van der Waals surface area contributed by atoms with Crippen molar-refractivity contribution in [3.63, 3.8) is 0 Å². The highest BCUT2D eigenvalue weighted by Gasteiger charge is 2.18. The van der Waals surface area contributed by atoms with Crippen LogP contribution in [-0.2, 0) is 0 Å². The zero-order valence-corrected chi connectivity index (χ0v) is 15.9. The van der Waals surface area contributed by atoms with Crippen molar-refractivity contribution in [2.75, 3.05) is 5.32 Å². The van der Waals surface area contributed by atoms with Gasteiger partial charge in [-0.05, 0) is 54.9 Å². The second-order valence-electron chi connectivity index (χ2n) is 6.40. The number of hydrogen-bond acceptors (Lipinski definition) is 1. The van der Waals surface area contributed by atoms with Gasteiger partial charge >= 0.3 is 0 Å². The Bertz CT molecular complexity index is 938. The van der Waals surface area contributed by atoms with Crippen LogP contribution in [0.15, 0.2) is 66.7 Å². The Labute approximate surface area is 163 Å². The number of hydrogen-bond donors (Lipinski definition) is 2. The number of anilines is 1. The molecule has 5 heteroatoms. The largest absolute Gasteiger partial charge is 0.352 e. The lowest BCUT2D eigenvalue weighted by molar-refractivity contribution is 0.591. The molecular formula is C22H20F2N2S. The maximum absolute atomic E-state index is 13.9. The van der Waals surface area contributed by atoms with E-state index in [1.165, 1.54) is 18.2 Å². The smallest absolute Gasteiger partial charge is 0.171 e. The van der Waals surface area contributed by atoms with E-state index in [1.54, 1.807) is 0 Å². The molecule has 27 heavy (non-hydrogen) atoms. The van der Waals surface area contributed by atoms with Gasteiger partial charge in [-0.15, -0.1) is 0 Å². The number of para-hydroxylation sites is 1. The van der Waals surface area contributed by atoms with Crippen molar-refractivity contribution >= 4 is 23.0 Å². The number of benzene rings is 3. The third-order valence-corrected chi connectivity index (χ3v) is 4.57. The summed E-state index contributed by atoms with van der Waals surface area (Å²) in [4.78, 5) is 0. The van der Waals surface area contributed by atoms with E-state index in [9.17, 15) is 8.78 Å². The predicted octanol–water partition coefficient (Wildman–Crippen LogP) is 5.66. The molecule has 0 bridgehead atoms. The third-order valence-electron chi connectivity index (χ3n) is 4.35. The van der Waals surface area contributed by atoms with Crippen LogP contribution in [0.25, 0.3) is 0 Å². The summed E-state index contributed by atoms with van der Waals surface area (Å²) in [5, 5.41) is 6.00. The van der Waals surface area contributed by atoms with Crippen LogP contribution in [0.2, 0.25) is 0 Å². The summed E-state index contributed by atoms with van der Waals surface area (Å²) in [5.41, 5.74) is 4.06. The highest BCUT2D eigenvalue weighted by atomic mass is 32.1. The van der Waals surface area contributed by atoms with E-state index in [1.807, 2.05) is 56.3 Å². The number of halogens is 2. The lowest BCUT2D eigenvalue weighted by Crippen LogP contribution is -2.34. The molecule has 2 N–H and O–H groups in total. The first-order chi connectivity index (χ1) is 13.0. The average Bonchev–Trinajstić information content (AvgIpc) is 2.64. The minimum Gasteiger partial charge on any atom is -0.352 e. The van der Waals surface area contributed by atoms with Crippen molar-refractivity contribution < 1.29 is 8.78 Å². The van der Waals surface area contributed by atoms with E-state index in [0.29, 0.717) is 0 Å². The van der Waals surface area contributed by atoms with E-state index in [-0.39, 0.29) is 16.8 Å². The minimum absolute atomic E-state index is 0.146. The molecule has 2 nitrogen and oxygen atoms in total. The fourth-order valence-corrected chi connectivity index (χ4v) is 3.25. The zero-order chi connectivity index (χ0) is 19.4. The van der Waals surface area contributed by atoms with E-state index < -0.39 is 11.6 Å². The van der Waals surface area contributed by atoms with Gasteiger partial charge < -0.3 is 10.6 Å². The molecule has 1 unspecified atom stereocenters. The molecule has 0 aliphatic rings. The fraction of sp³-hybridized carbons (Fsp3) is 0.136. The van der Waals surface area contributed by atoms with Gasteiger partial charge in [-0.25, -0.2) is 8.78 Å². The van der Waals surface area contributed by atoms with E-state index in [2.05, 4.69) is 16.7 Å². The van der Waals surface area contributed by atoms with Gasteiger partial charge in [-0.2, -0.15) is 0 Å². The van der Waals surface area contributed by atoms with Gasteiger partial charge in [0.05, 0.1) is 6.04 Å². The number of thiocarbonyl (C=S) groups is 1. The quantitative estimate of drug-likeness (QED) is 0.570. The Kier molecular flexibility index (Phi) is 5.81. The summed E-state index contributed by atoms with van der Waals surface area (Å²) in [5.74, 6) is -1.39. The maximum atomic E-state index is 13.9. The molecule has 0 heterocycles. The Morgan fingerprint density at radius 1 is 0.889 bits per heavy atom. The summed E-state index contributed by atoms with van der Waals surface area (Å²) in [6.45, 7) is 4.07. The van der Waals surface area contributed by atoms with Crippen molar-refractivity contribution in [3.8, 4) is 0 Å². The molecule has 3 aromatic carbocycles. The fourth-order valence-electron chi connectivity index (χ4n) is 3.03. The first-order valence-corrected chi connectivity index (χ1v) is 9.00. The molecule has 0 saturated heterocycles. The molecule has 0 fully saturated rings. The predicted molar refractivity (Wildman–Crippen MR) is 110 cm³/mol. The molecule has 1 atom stereocenters. The van der Waals surface area contributed by atoms with Gasteiger partial charge in [0.2, 0.25) is 0 Å². The van der Waals surface area contributed by atoms with E-state index >= 15 is 0 Å². The first kappa shape index (κ1) is 19.0. The number of nitrogens with one attached hydrogen (secondary N) is 2. The molecule has 0 aliphatic heterocycles.